The van der Waals surface area contributed by atoms with Gasteiger partial charge < -0.3 is 33.2 Å². The Balaban J connectivity index is 2.12. The molecule has 1 fully saturated rings. The van der Waals surface area contributed by atoms with E-state index in [2.05, 4.69) is 10.0 Å². The molecule has 1 aliphatic heterocycles. The molecule has 0 saturated carbocycles. The van der Waals surface area contributed by atoms with Crippen LogP contribution in [-0.4, -0.2) is 80.8 Å². The van der Waals surface area contributed by atoms with Gasteiger partial charge in [0.15, 0.2) is 12.2 Å². The van der Waals surface area contributed by atoms with Gasteiger partial charge in [-0.1, -0.05) is 35.4 Å². The van der Waals surface area contributed by atoms with E-state index in [-0.39, 0.29) is 12.2 Å². The van der Waals surface area contributed by atoms with Crippen molar-refractivity contribution < 1.29 is 57.1 Å². The van der Waals surface area contributed by atoms with Gasteiger partial charge in [0.25, 0.3) is 0 Å². The van der Waals surface area contributed by atoms with Crippen LogP contribution in [0.2, 0.25) is 0 Å². The maximum atomic E-state index is 12.3. The van der Waals surface area contributed by atoms with Gasteiger partial charge in [-0.3, -0.25) is 24.0 Å². The van der Waals surface area contributed by atoms with E-state index >= 15 is 0 Å². The van der Waals surface area contributed by atoms with Crippen LogP contribution in [0.5, 0.6) is 5.75 Å². The number of methoxy groups -OCH3 is 1. The molecule has 1 aliphatic rings. The molecule has 0 radical (unpaired) electrons. The fraction of sp³-hybridized carbons (Fsp3) is 0.469. The SMILES string of the molecule is COC(=O)Cc1cccc(-c2cc(CCCN=[N+]=[N-])ccc2O[C@H]2O[C@H](COC(C)=O)[C@@H](OC(C)=O)[C@H](OC(C)=O)[C@@H]2OC(C)=O)c1. The Labute approximate surface area is 271 Å². The molecule has 15 heteroatoms. The number of nitrogens with zero attached hydrogens (tertiary/aromatic N) is 3. The molecule has 3 rings (SSSR count). The largest absolute Gasteiger partial charge is 0.469 e. The summed E-state index contributed by atoms with van der Waals surface area (Å²) in [5, 5.41) is 3.58. The lowest BCUT2D eigenvalue weighted by molar-refractivity contribution is -0.288. The number of carbonyl (C=O) groups excluding carboxylic acids is 5. The maximum Gasteiger partial charge on any atom is 0.309 e. The predicted molar refractivity (Wildman–Crippen MR) is 163 cm³/mol. The molecule has 0 spiro atoms. The highest BCUT2D eigenvalue weighted by molar-refractivity contribution is 5.76. The van der Waals surface area contributed by atoms with Crippen molar-refractivity contribution in [2.45, 2.75) is 77.7 Å². The zero-order valence-corrected chi connectivity index (χ0v) is 26.7. The van der Waals surface area contributed by atoms with Gasteiger partial charge >= 0.3 is 29.8 Å². The van der Waals surface area contributed by atoms with Gasteiger partial charge in [0, 0.05) is 44.7 Å². The highest BCUT2D eigenvalue weighted by Gasteiger charge is 2.53. The van der Waals surface area contributed by atoms with Gasteiger partial charge in [0.05, 0.1) is 13.5 Å². The second kappa shape index (κ2) is 17.5. The average molecular weight is 656 g/mol. The van der Waals surface area contributed by atoms with E-state index in [4.69, 9.17) is 38.7 Å². The van der Waals surface area contributed by atoms with Crippen molar-refractivity contribution in [1.29, 1.82) is 0 Å². The van der Waals surface area contributed by atoms with Crippen molar-refractivity contribution in [1.82, 2.24) is 0 Å². The van der Waals surface area contributed by atoms with Crippen molar-refractivity contribution in [2.24, 2.45) is 5.11 Å². The fourth-order valence-corrected chi connectivity index (χ4v) is 4.96. The first-order valence-electron chi connectivity index (χ1n) is 14.7. The van der Waals surface area contributed by atoms with Gasteiger partial charge in [-0.25, -0.2) is 0 Å². The minimum absolute atomic E-state index is 0.0199. The van der Waals surface area contributed by atoms with Gasteiger partial charge in [0.2, 0.25) is 12.4 Å². The lowest BCUT2D eigenvalue weighted by Gasteiger charge is -2.44. The molecule has 47 heavy (non-hydrogen) atoms. The normalized spacial score (nSPS) is 20.1. The lowest BCUT2D eigenvalue weighted by atomic mass is 9.96. The Morgan fingerprint density at radius 1 is 0.851 bits per heavy atom. The van der Waals surface area contributed by atoms with Crippen LogP contribution in [0, 0.1) is 0 Å². The third-order valence-corrected chi connectivity index (χ3v) is 6.84. The molecule has 15 nitrogen and oxygen atoms in total. The van der Waals surface area contributed by atoms with Crippen LogP contribution in [0.25, 0.3) is 21.6 Å². The van der Waals surface area contributed by atoms with Crippen LogP contribution in [0.1, 0.15) is 45.2 Å². The first kappa shape index (κ1) is 36.3. The molecule has 252 valence electrons. The number of azide groups is 1. The van der Waals surface area contributed by atoms with Crippen molar-refractivity contribution in [2.75, 3.05) is 20.3 Å². The summed E-state index contributed by atoms with van der Waals surface area (Å²) in [4.78, 5) is 63.0. The summed E-state index contributed by atoms with van der Waals surface area (Å²) in [6.45, 7) is 4.45. The van der Waals surface area contributed by atoms with E-state index in [9.17, 15) is 24.0 Å². The Morgan fingerprint density at radius 3 is 2.17 bits per heavy atom. The van der Waals surface area contributed by atoms with Crippen molar-refractivity contribution >= 4 is 29.8 Å². The molecule has 0 N–H and O–H groups in total. The number of aryl methyl sites for hydroxylation is 1. The van der Waals surface area contributed by atoms with E-state index in [1.807, 2.05) is 6.07 Å². The van der Waals surface area contributed by atoms with E-state index < -0.39 is 67.2 Å². The number of hydrogen-bond acceptors (Lipinski definition) is 13. The number of rotatable bonds is 14. The number of ether oxygens (including phenoxy) is 7. The van der Waals surface area contributed by atoms with Gasteiger partial charge in [-0.15, -0.1) is 0 Å². The third-order valence-electron chi connectivity index (χ3n) is 6.84. The Kier molecular flexibility index (Phi) is 13.5. The monoisotopic (exact) mass is 655 g/mol. The van der Waals surface area contributed by atoms with Gasteiger partial charge in [0.1, 0.15) is 18.5 Å². The molecule has 0 unspecified atom stereocenters. The first-order valence-corrected chi connectivity index (χ1v) is 14.7. The van der Waals surface area contributed by atoms with E-state index in [0.717, 1.165) is 26.3 Å². The minimum Gasteiger partial charge on any atom is -0.469 e. The van der Waals surface area contributed by atoms with Gasteiger partial charge in [-0.2, -0.15) is 0 Å². The summed E-state index contributed by atoms with van der Waals surface area (Å²) in [5.74, 6) is -3.12. The topological polar surface area (TPSA) is 199 Å². The summed E-state index contributed by atoms with van der Waals surface area (Å²) in [6, 6.07) is 12.4. The molecule has 2 aromatic carbocycles. The summed E-state index contributed by atoms with van der Waals surface area (Å²) in [5.41, 5.74) is 11.4. The number of esters is 5. The molecule has 5 atom stereocenters. The molecule has 1 heterocycles. The van der Waals surface area contributed by atoms with Gasteiger partial charge in [-0.05, 0) is 47.2 Å². The van der Waals surface area contributed by atoms with E-state index in [1.54, 1.807) is 36.4 Å². The van der Waals surface area contributed by atoms with Crippen LogP contribution >= 0.6 is 0 Å². The molecule has 0 aliphatic carbocycles. The molecule has 0 amide bonds. The van der Waals surface area contributed by atoms with Crippen molar-refractivity contribution in [3.63, 3.8) is 0 Å². The maximum absolute atomic E-state index is 12.3. The summed E-state index contributed by atoms with van der Waals surface area (Å²) < 4.78 is 38.9. The predicted octanol–water partition coefficient (Wildman–Crippen LogP) is 3.77. The molecular formula is C32H37N3O12. The van der Waals surface area contributed by atoms with Crippen LogP contribution in [-0.2, 0) is 65.2 Å². The zero-order chi connectivity index (χ0) is 34.5. The van der Waals surface area contributed by atoms with E-state index in [1.165, 1.54) is 14.0 Å². The third kappa shape index (κ3) is 11.0. The molecular weight excluding hydrogens is 618 g/mol. The highest BCUT2D eigenvalue weighted by atomic mass is 16.7. The van der Waals surface area contributed by atoms with Crippen molar-refractivity contribution in [3.8, 4) is 16.9 Å². The Morgan fingerprint density at radius 2 is 1.53 bits per heavy atom. The van der Waals surface area contributed by atoms with Crippen LogP contribution < -0.4 is 4.74 Å². The quantitative estimate of drug-likeness (QED) is 0.0714. The minimum atomic E-state index is -1.46. The Bertz CT molecular complexity index is 1510. The molecule has 0 aromatic heterocycles. The smallest absolute Gasteiger partial charge is 0.309 e. The second-order valence-electron chi connectivity index (χ2n) is 10.5. The number of benzene rings is 2. The standard InChI is InChI=1S/C32H37N3O12/c1-18(36)42-17-27-29(43-19(2)37)30(44-20(3)38)31(45-21(4)39)32(47-27)46-26-12-11-22(9-7-13-34-35-33)15-25(26)24-10-6-8-23(14-24)16-28(40)41-5/h6,8,10-12,14-15,27,29-32H,7,9,13,16-17H2,1-5H3/t27-,29-,30+,31+,32+/m1/s1. The molecule has 2 aromatic rings. The summed E-state index contributed by atoms with van der Waals surface area (Å²) in [6.07, 6.45) is -5.68. The summed E-state index contributed by atoms with van der Waals surface area (Å²) >= 11 is 0. The molecule has 0 bridgehead atoms. The van der Waals surface area contributed by atoms with Crippen LogP contribution in [0.4, 0.5) is 0 Å². The van der Waals surface area contributed by atoms with Crippen LogP contribution in [0.3, 0.4) is 0 Å². The lowest BCUT2D eigenvalue weighted by Crippen LogP contribution is -2.63. The van der Waals surface area contributed by atoms with E-state index in [0.29, 0.717) is 36.1 Å². The fourth-order valence-electron chi connectivity index (χ4n) is 4.96. The van der Waals surface area contributed by atoms with Crippen molar-refractivity contribution in [3.05, 3.63) is 64.0 Å². The second-order valence-corrected chi connectivity index (χ2v) is 10.5. The Hall–Kier alpha value is -5.14. The number of carbonyl (C=O) groups is 5. The first-order chi connectivity index (χ1) is 22.4. The zero-order valence-electron chi connectivity index (χ0n) is 26.7. The summed E-state index contributed by atoms with van der Waals surface area (Å²) in [7, 11) is 1.30. The van der Waals surface area contributed by atoms with Crippen LogP contribution in [0.15, 0.2) is 47.6 Å². The average Bonchev–Trinajstić information content (AvgIpc) is 3.01. The number of hydrogen-bond donors (Lipinski definition) is 0. The highest BCUT2D eigenvalue weighted by Crippen LogP contribution is 2.36. The molecule has 1 saturated heterocycles.